The Hall–Kier alpha value is -1.22. The van der Waals surface area contributed by atoms with Crippen molar-refractivity contribution >= 4 is 0 Å². The highest BCUT2D eigenvalue weighted by Crippen LogP contribution is 2.37. The van der Waals surface area contributed by atoms with Crippen molar-refractivity contribution < 1.29 is 14.6 Å². The Bertz CT molecular complexity index is 345. The van der Waals surface area contributed by atoms with Crippen LogP contribution in [0.15, 0.2) is 12.1 Å². The molecule has 3 nitrogen and oxygen atoms in total. The first-order chi connectivity index (χ1) is 6.72. The summed E-state index contributed by atoms with van der Waals surface area (Å²) < 4.78 is 10.7. The second kappa shape index (κ2) is 3.50. The maximum Gasteiger partial charge on any atom is 0.164 e. The molecule has 3 heteroatoms. The van der Waals surface area contributed by atoms with E-state index < -0.39 is 6.10 Å². The lowest BCUT2D eigenvalue weighted by Crippen LogP contribution is -1.95. The number of benzene rings is 1. The zero-order chi connectivity index (χ0) is 10.1. The van der Waals surface area contributed by atoms with Crippen molar-refractivity contribution in [1.29, 1.82) is 0 Å². The fraction of sp³-hybridized carbons (Fsp3) is 0.455. The van der Waals surface area contributed by atoms with E-state index in [1.54, 1.807) is 14.0 Å². The predicted molar refractivity (Wildman–Crippen MR) is 52.8 cm³/mol. The summed E-state index contributed by atoms with van der Waals surface area (Å²) in [7, 11) is 1.61. The Labute approximate surface area is 83.3 Å². The molecule has 1 atom stereocenters. The van der Waals surface area contributed by atoms with Gasteiger partial charge in [0.05, 0.1) is 19.8 Å². The predicted octanol–water partition coefficient (Wildman–Crippen LogP) is 1.68. The first-order valence-electron chi connectivity index (χ1n) is 4.74. The zero-order valence-corrected chi connectivity index (χ0v) is 8.41. The van der Waals surface area contributed by atoms with Gasteiger partial charge in [0.15, 0.2) is 11.5 Å². The summed E-state index contributed by atoms with van der Waals surface area (Å²) in [5.74, 6) is 1.55. The number of fused-ring (bicyclic) bond motifs is 1. The molecule has 76 valence electrons. The van der Waals surface area contributed by atoms with Crippen LogP contribution in [0.5, 0.6) is 11.5 Å². The van der Waals surface area contributed by atoms with Crippen molar-refractivity contribution in [2.45, 2.75) is 19.4 Å². The second-order valence-electron chi connectivity index (χ2n) is 3.49. The number of hydrogen-bond acceptors (Lipinski definition) is 3. The van der Waals surface area contributed by atoms with Crippen LogP contribution in [0.2, 0.25) is 0 Å². The lowest BCUT2D eigenvalue weighted by Gasteiger charge is -2.11. The highest BCUT2D eigenvalue weighted by Gasteiger charge is 2.19. The lowest BCUT2D eigenvalue weighted by molar-refractivity contribution is 0.198. The average molecular weight is 194 g/mol. The average Bonchev–Trinajstić information content (AvgIpc) is 2.63. The lowest BCUT2D eigenvalue weighted by atomic mass is 10.0. The Morgan fingerprint density at radius 3 is 2.93 bits per heavy atom. The van der Waals surface area contributed by atoms with Gasteiger partial charge in [-0.1, -0.05) is 0 Å². The Balaban J connectivity index is 2.49. The summed E-state index contributed by atoms with van der Waals surface area (Å²) in [6.45, 7) is 2.45. The molecule has 1 unspecified atom stereocenters. The van der Waals surface area contributed by atoms with E-state index in [0.29, 0.717) is 6.61 Å². The molecule has 0 spiro atoms. The van der Waals surface area contributed by atoms with E-state index in [1.165, 1.54) is 0 Å². The molecule has 0 saturated heterocycles. The third kappa shape index (κ3) is 1.44. The maximum absolute atomic E-state index is 9.48. The SMILES string of the molecule is COc1cc(C(C)O)cc2c1OCC2. The number of aliphatic hydroxyl groups excluding tert-OH is 1. The van der Waals surface area contributed by atoms with Gasteiger partial charge in [-0.15, -0.1) is 0 Å². The van der Waals surface area contributed by atoms with Crippen LogP contribution >= 0.6 is 0 Å². The van der Waals surface area contributed by atoms with Gasteiger partial charge >= 0.3 is 0 Å². The minimum absolute atomic E-state index is 0.463. The molecular formula is C11H14O3. The molecule has 1 aliphatic rings. The van der Waals surface area contributed by atoms with Crippen LogP contribution in [0, 0.1) is 0 Å². The van der Waals surface area contributed by atoms with Crippen LogP contribution < -0.4 is 9.47 Å². The molecule has 0 saturated carbocycles. The van der Waals surface area contributed by atoms with Crippen LogP contribution in [-0.2, 0) is 6.42 Å². The monoisotopic (exact) mass is 194 g/mol. The minimum atomic E-state index is -0.463. The molecule has 2 rings (SSSR count). The van der Waals surface area contributed by atoms with Crippen LogP contribution in [0.3, 0.4) is 0 Å². The molecule has 1 heterocycles. The Morgan fingerprint density at radius 1 is 1.50 bits per heavy atom. The van der Waals surface area contributed by atoms with Crippen molar-refractivity contribution in [2.24, 2.45) is 0 Å². The molecule has 1 N–H and O–H groups in total. The second-order valence-corrected chi connectivity index (χ2v) is 3.49. The third-order valence-corrected chi connectivity index (χ3v) is 2.47. The van der Waals surface area contributed by atoms with Crippen LogP contribution in [0.4, 0.5) is 0 Å². The van der Waals surface area contributed by atoms with E-state index in [1.807, 2.05) is 12.1 Å². The van der Waals surface area contributed by atoms with Crippen molar-refractivity contribution in [3.05, 3.63) is 23.3 Å². The molecule has 0 aromatic heterocycles. The van der Waals surface area contributed by atoms with E-state index in [9.17, 15) is 5.11 Å². The Kier molecular flexibility index (Phi) is 2.33. The topological polar surface area (TPSA) is 38.7 Å². The molecular weight excluding hydrogens is 180 g/mol. The minimum Gasteiger partial charge on any atom is -0.493 e. The largest absolute Gasteiger partial charge is 0.493 e. The standard InChI is InChI=1S/C11H14O3/c1-7(12)9-5-8-3-4-14-11(8)10(6-9)13-2/h5-7,12H,3-4H2,1-2H3. The Morgan fingerprint density at radius 2 is 2.29 bits per heavy atom. The summed E-state index contributed by atoms with van der Waals surface area (Å²) in [4.78, 5) is 0. The van der Waals surface area contributed by atoms with Crippen LogP contribution in [0.25, 0.3) is 0 Å². The van der Waals surface area contributed by atoms with E-state index in [0.717, 1.165) is 29.0 Å². The van der Waals surface area contributed by atoms with Crippen molar-refractivity contribution in [2.75, 3.05) is 13.7 Å². The molecule has 0 radical (unpaired) electrons. The fourth-order valence-corrected chi connectivity index (χ4v) is 1.69. The number of ether oxygens (including phenoxy) is 2. The highest BCUT2D eigenvalue weighted by atomic mass is 16.5. The number of hydrogen-bond donors (Lipinski definition) is 1. The number of rotatable bonds is 2. The first kappa shape index (κ1) is 9.34. The number of methoxy groups -OCH3 is 1. The summed E-state index contributed by atoms with van der Waals surface area (Å²) in [5.41, 5.74) is 2.01. The van der Waals surface area contributed by atoms with E-state index >= 15 is 0 Å². The van der Waals surface area contributed by atoms with Crippen LogP contribution in [-0.4, -0.2) is 18.8 Å². The molecule has 1 aliphatic heterocycles. The summed E-state index contributed by atoms with van der Waals surface area (Å²) in [6, 6.07) is 3.81. The summed E-state index contributed by atoms with van der Waals surface area (Å²) in [5, 5.41) is 9.48. The van der Waals surface area contributed by atoms with Gasteiger partial charge in [0, 0.05) is 12.0 Å². The molecule has 14 heavy (non-hydrogen) atoms. The molecule has 1 aromatic carbocycles. The van der Waals surface area contributed by atoms with Crippen LogP contribution in [0.1, 0.15) is 24.2 Å². The summed E-state index contributed by atoms with van der Waals surface area (Å²) in [6.07, 6.45) is 0.432. The highest BCUT2D eigenvalue weighted by molar-refractivity contribution is 5.51. The van der Waals surface area contributed by atoms with Gasteiger partial charge < -0.3 is 14.6 Å². The van der Waals surface area contributed by atoms with Crippen molar-refractivity contribution in [3.8, 4) is 11.5 Å². The first-order valence-corrected chi connectivity index (χ1v) is 4.74. The van der Waals surface area contributed by atoms with Gasteiger partial charge in [-0.25, -0.2) is 0 Å². The third-order valence-electron chi connectivity index (χ3n) is 2.47. The maximum atomic E-state index is 9.48. The molecule has 0 fully saturated rings. The van der Waals surface area contributed by atoms with Crippen molar-refractivity contribution in [1.82, 2.24) is 0 Å². The van der Waals surface area contributed by atoms with Gasteiger partial charge in [0.1, 0.15) is 0 Å². The normalized spacial score (nSPS) is 15.9. The van der Waals surface area contributed by atoms with E-state index in [4.69, 9.17) is 9.47 Å². The number of aliphatic hydroxyl groups is 1. The molecule has 0 bridgehead atoms. The van der Waals surface area contributed by atoms with Crippen molar-refractivity contribution in [3.63, 3.8) is 0 Å². The zero-order valence-electron chi connectivity index (χ0n) is 8.41. The molecule has 1 aromatic rings. The molecule has 0 amide bonds. The van der Waals surface area contributed by atoms with Gasteiger partial charge in [-0.3, -0.25) is 0 Å². The summed E-state index contributed by atoms with van der Waals surface area (Å²) >= 11 is 0. The van der Waals surface area contributed by atoms with Gasteiger partial charge in [-0.2, -0.15) is 0 Å². The van der Waals surface area contributed by atoms with Gasteiger partial charge in [0.25, 0.3) is 0 Å². The van der Waals surface area contributed by atoms with Gasteiger partial charge in [-0.05, 0) is 24.6 Å². The fourth-order valence-electron chi connectivity index (χ4n) is 1.69. The van der Waals surface area contributed by atoms with Gasteiger partial charge in [0.2, 0.25) is 0 Å². The van der Waals surface area contributed by atoms with E-state index in [2.05, 4.69) is 0 Å². The smallest absolute Gasteiger partial charge is 0.164 e. The van der Waals surface area contributed by atoms with E-state index in [-0.39, 0.29) is 0 Å². The quantitative estimate of drug-likeness (QED) is 0.778. The molecule has 0 aliphatic carbocycles.